The van der Waals surface area contributed by atoms with Gasteiger partial charge >= 0.3 is 0 Å². The quantitative estimate of drug-likeness (QED) is 0.479. The highest BCUT2D eigenvalue weighted by molar-refractivity contribution is 5.84. The highest BCUT2D eigenvalue weighted by atomic mass is 16.5. The van der Waals surface area contributed by atoms with Crippen LogP contribution in [0.1, 0.15) is 20.3 Å². The van der Waals surface area contributed by atoms with Gasteiger partial charge in [0.2, 0.25) is 0 Å². The molecular formula is C26H33N5O6. The van der Waals surface area contributed by atoms with Crippen LogP contribution < -0.4 is 19.5 Å². The van der Waals surface area contributed by atoms with E-state index in [1.54, 1.807) is 31.1 Å². The Morgan fingerprint density at radius 2 is 2.08 bits per heavy atom. The number of hydrogen-bond donors (Lipinski definition) is 1. The predicted octanol–water partition coefficient (Wildman–Crippen LogP) is 2.63. The maximum atomic E-state index is 13.2. The molecule has 11 heteroatoms. The van der Waals surface area contributed by atoms with E-state index in [9.17, 15) is 4.79 Å². The second kappa shape index (κ2) is 10.8. The zero-order valence-corrected chi connectivity index (χ0v) is 21.6. The van der Waals surface area contributed by atoms with Gasteiger partial charge in [-0.25, -0.2) is 4.52 Å². The van der Waals surface area contributed by atoms with Crippen molar-refractivity contribution in [1.82, 2.24) is 19.5 Å². The molecule has 2 aliphatic rings. The predicted molar refractivity (Wildman–Crippen MR) is 136 cm³/mol. The minimum atomic E-state index is -0.535. The third-order valence-corrected chi connectivity index (χ3v) is 6.42. The molecule has 0 spiro atoms. The normalized spacial score (nSPS) is 19.5. The van der Waals surface area contributed by atoms with Crippen LogP contribution in [-0.4, -0.2) is 90.8 Å². The van der Waals surface area contributed by atoms with E-state index < -0.39 is 6.10 Å². The van der Waals surface area contributed by atoms with Crippen molar-refractivity contribution in [3.63, 3.8) is 0 Å². The summed E-state index contributed by atoms with van der Waals surface area (Å²) >= 11 is 0. The Labute approximate surface area is 215 Å². The van der Waals surface area contributed by atoms with Crippen LogP contribution >= 0.6 is 0 Å². The van der Waals surface area contributed by atoms with E-state index in [1.807, 2.05) is 36.9 Å². The van der Waals surface area contributed by atoms with Crippen LogP contribution in [-0.2, 0) is 14.3 Å². The Morgan fingerprint density at radius 3 is 2.86 bits per heavy atom. The summed E-state index contributed by atoms with van der Waals surface area (Å²) in [6.07, 6.45) is 3.52. The molecule has 3 aromatic rings. The lowest BCUT2D eigenvalue weighted by Crippen LogP contribution is -2.41. The van der Waals surface area contributed by atoms with Gasteiger partial charge in [0.05, 0.1) is 44.9 Å². The zero-order chi connectivity index (χ0) is 25.9. The van der Waals surface area contributed by atoms with Gasteiger partial charge in [-0.1, -0.05) is 0 Å². The molecule has 2 atom stereocenters. The second-order valence-corrected chi connectivity index (χ2v) is 9.36. The van der Waals surface area contributed by atoms with Crippen molar-refractivity contribution in [1.29, 1.82) is 0 Å². The number of carbonyl (C=O) groups excluding carboxylic acids is 1. The Morgan fingerprint density at radius 1 is 1.22 bits per heavy atom. The van der Waals surface area contributed by atoms with Gasteiger partial charge in [0.15, 0.2) is 11.4 Å². The van der Waals surface area contributed by atoms with Crippen molar-refractivity contribution < 1.29 is 28.5 Å². The van der Waals surface area contributed by atoms with E-state index in [2.05, 4.69) is 10.4 Å². The number of aromatic nitrogens is 3. The Kier molecular flexibility index (Phi) is 7.33. The smallest absolute Gasteiger partial charge is 0.260 e. The van der Waals surface area contributed by atoms with E-state index >= 15 is 0 Å². The highest BCUT2D eigenvalue weighted by Crippen LogP contribution is 2.34. The number of anilines is 1. The Balaban J connectivity index is 1.54. The minimum absolute atomic E-state index is 0.0120. The molecule has 11 nitrogen and oxygen atoms in total. The minimum Gasteiger partial charge on any atom is -0.491 e. The van der Waals surface area contributed by atoms with Crippen LogP contribution in [0.3, 0.4) is 0 Å². The molecule has 2 aromatic heterocycles. The molecule has 0 saturated carbocycles. The molecular weight excluding hydrogens is 478 g/mol. The van der Waals surface area contributed by atoms with Gasteiger partial charge in [-0.05, 0) is 31.5 Å². The first-order valence-corrected chi connectivity index (χ1v) is 12.5. The summed E-state index contributed by atoms with van der Waals surface area (Å²) in [6.45, 7) is 6.06. The molecule has 2 aliphatic heterocycles. The molecule has 0 aliphatic carbocycles. The Hall–Kier alpha value is -3.57. The molecule has 1 saturated heterocycles. The number of benzene rings is 1. The molecule has 4 heterocycles. The van der Waals surface area contributed by atoms with Crippen LogP contribution in [0.5, 0.6) is 17.4 Å². The highest BCUT2D eigenvalue weighted by Gasteiger charge is 2.40. The first-order valence-electron chi connectivity index (χ1n) is 12.5. The number of nitrogens with zero attached hydrogens (tertiary/aromatic N) is 4. The van der Waals surface area contributed by atoms with Crippen molar-refractivity contribution >= 4 is 17.2 Å². The monoisotopic (exact) mass is 511 g/mol. The molecule has 1 N–H and O–H groups in total. The number of methoxy groups -OCH3 is 2. The molecule has 1 amide bonds. The van der Waals surface area contributed by atoms with E-state index in [1.165, 1.54) is 0 Å². The van der Waals surface area contributed by atoms with Gasteiger partial charge in [0.1, 0.15) is 18.5 Å². The first kappa shape index (κ1) is 25.1. The number of amides is 1. The summed E-state index contributed by atoms with van der Waals surface area (Å²) in [7, 11) is 3.17. The van der Waals surface area contributed by atoms with Crippen molar-refractivity contribution in [2.75, 3.05) is 52.4 Å². The van der Waals surface area contributed by atoms with E-state index in [-0.39, 0.29) is 24.7 Å². The summed E-state index contributed by atoms with van der Waals surface area (Å²) in [5, 5.41) is 7.95. The number of rotatable bonds is 7. The summed E-state index contributed by atoms with van der Waals surface area (Å²) in [5.74, 6) is 1.48. The van der Waals surface area contributed by atoms with Gasteiger partial charge in [-0.3, -0.25) is 4.79 Å². The lowest BCUT2D eigenvalue weighted by atomic mass is 10.1. The van der Waals surface area contributed by atoms with Crippen molar-refractivity contribution in [3.05, 3.63) is 30.6 Å². The third-order valence-electron chi connectivity index (χ3n) is 6.42. The molecule has 4 bridgehead atoms. The van der Waals surface area contributed by atoms with Crippen molar-refractivity contribution in [3.8, 4) is 28.5 Å². The Bertz CT molecular complexity index is 1260. The average Bonchev–Trinajstić information content (AvgIpc) is 3.42. The lowest BCUT2D eigenvalue weighted by molar-refractivity contribution is -0.138. The largest absolute Gasteiger partial charge is 0.491 e. The van der Waals surface area contributed by atoms with Gasteiger partial charge in [0.25, 0.3) is 11.8 Å². The maximum Gasteiger partial charge on any atom is 0.260 e. The second-order valence-electron chi connectivity index (χ2n) is 9.36. The summed E-state index contributed by atoms with van der Waals surface area (Å²) < 4.78 is 30.3. The van der Waals surface area contributed by atoms with Crippen LogP contribution in [0.2, 0.25) is 0 Å². The fraction of sp³-hybridized carbons (Fsp3) is 0.500. The van der Waals surface area contributed by atoms with Gasteiger partial charge in [-0.15, -0.1) is 0 Å². The average molecular weight is 512 g/mol. The van der Waals surface area contributed by atoms with Crippen LogP contribution in [0.4, 0.5) is 5.69 Å². The number of ether oxygens (including phenoxy) is 5. The third kappa shape index (κ3) is 5.28. The molecule has 1 fully saturated rings. The van der Waals surface area contributed by atoms with Crippen molar-refractivity contribution in [2.45, 2.75) is 38.5 Å². The standard InChI is InChI=1S/C26H33N5O6/c1-16(2)37-20-10-17-9-18(11-20)27-5-6-30-19(12-22(26(30)32)35-8-7-33-3)15-36-25-23(34-4)14-31-24(29-25)21(17)13-28-31/h9-11,13-14,16,19,22,27H,5-8,12,15H2,1-4H3/t19-,22+/m0/s1. The topological polar surface area (TPSA) is 109 Å². The molecule has 5 rings (SSSR count). The van der Waals surface area contributed by atoms with E-state index in [4.69, 9.17) is 28.7 Å². The van der Waals surface area contributed by atoms with E-state index in [0.29, 0.717) is 50.0 Å². The molecule has 0 radical (unpaired) electrons. The molecule has 198 valence electrons. The summed E-state index contributed by atoms with van der Waals surface area (Å²) in [5.41, 5.74) is 3.25. The van der Waals surface area contributed by atoms with E-state index in [0.717, 1.165) is 22.6 Å². The lowest BCUT2D eigenvalue weighted by Gasteiger charge is -2.25. The fourth-order valence-electron chi connectivity index (χ4n) is 4.72. The van der Waals surface area contributed by atoms with Gasteiger partial charge in [-0.2, -0.15) is 10.1 Å². The van der Waals surface area contributed by atoms with Crippen LogP contribution in [0.15, 0.2) is 30.6 Å². The number of carbonyl (C=O) groups is 1. The van der Waals surface area contributed by atoms with Crippen LogP contribution in [0, 0.1) is 0 Å². The maximum absolute atomic E-state index is 13.2. The SMILES string of the molecule is COCCO[C@@H]1C[C@H]2COc3nc4c(cnn4cc3OC)-c3cc(cc(OC(C)C)c3)NCCN2C1=O. The number of nitrogens with one attached hydrogen (secondary N) is 1. The first-order chi connectivity index (χ1) is 18.0. The summed E-state index contributed by atoms with van der Waals surface area (Å²) in [6, 6.07) is 5.79. The number of fused-ring (bicyclic) bond motifs is 5. The fourth-order valence-corrected chi connectivity index (χ4v) is 4.72. The summed E-state index contributed by atoms with van der Waals surface area (Å²) in [4.78, 5) is 19.8. The molecule has 0 unspecified atom stereocenters. The van der Waals surface area contributed by atoms with Gasteiger partial charge < -0.3 is 33.9 Å². The van der Waals surface area contributed by atoms with Gasteiger partial charge in [0, 0.05) is 43.9 Å². The number of hydrogen-bond acceptors (Lipinski definition) is 9. The molecule has 37 heavy (non-hydrogen) atoms. The molecule has 1 aromatic carbocycles. The van der Waals surface area contributed by atoms with Crippen molar-refractivity contribution in [2.24, 2.45) is 0 Å². The van der Waals surface area contributed by atoms with Crippen LogP contribution in [0.25, 0.3) is 16.8 Å². The zero-order valence-electron chi connectivity index (χ0n) is 21.6.